The fraction of sp³-hybridized carbons (Fsp3) is 0.375. The quantitative estimate of drug-likeness (QED) is 0.735. The number of aromatic nitrogens is 1. The summed E-state index contributed by atoms with van der Waals surface area (Å²) in [7, 11) is -3.31. The van der Waals surface area contributed by atoms with E-state index in [9.17, 15) is 13.2 Å². The van der Waals surface area contributed by atoms with Gasteiger partial charge in [-0.3, -0.25) is 9.52 Å². The Balaban J connectivity index is 2.10. The molecule has 0 saturated carbocycles. The highest BCUT2D eigenvalue weighted by molar-refractivity contribution is 7.92. The Morgan fingerprint density at radius 1 is 1.24 bits per heavy atom. The number of nitrogens with one attached hydrogen (secondary N) is 2. The number of carbonyl (C=O) groups excluding carboxylic acids is 1. The predicted molar refractivity (Wildman–Crippen MR) is 102 cm³/mol. The van der Waals surface area contributed by atoms with Gasteiger partial charge in [-0.15, -0.1) is 11.3 Å². The van der Waals surface area contributed by atoms with Gasteiger partial charge in [0, 0.05) is 16.6 Å². The zero-order valence-electron chi connectivity index (χ0n) is 14.5. The summed E-state index contributed by atoms with van der Waals surface area (Å²) < 4.78 is 24.8. The lowest BCUT2D eigenvalue weighted by atomic mass is 9.87. The molecular weight excluding hydrogens is 360 g/mol. The number of thiazole rings is 1. The summed E-state index contributed by atoms with van der Waals surface area (Å²) in [6.45, 7) is 5.70. The van der Waals surface area contributed by atoms with E-state index in [1.54, 1.807) is 24.3 Å². The van der Waals surface area contributed by atoms with E-state index in [1.165, 1.54) is 11.3 Å². The molecule has 0 spiro atoms. The van der Waals surface area contributed by atoms with Crippen LogP contribution in [0.15, 0.2) is 29.6 Å². The number of nitrogens with two attached hydrogens (primary N) is 1. The first-order valence-electron chi connectivity index (χ1n) is 7.56. The van der Waals surface area contributed by atoms with Crippen LogP contribution in [0.5, 0.6) is 0 Å². The highest BCUT2D eigenvalue weighted by atomic mass is 32.2. The minimum Gasteiger partial charge on any atom is -0.319 e. The minimum atomic E-state index is -3.31. The monoisotopic (exact) mass is 382 g/mol. The standard InChI is InChI=1S/C16H22N4O3S2/c1-16(2,3)13(17)14(21)19-15-18-12(9-24-15)10-5-7-11(8-6-10)20-25(4,22)23/h5-9,13,20H,17H2,1-4H3,(H,18,19,21)/t13-/m1/s1. The molecule has 2 aromatic rings. The van der Waals surface area contributed by atoms with Crippen LogP contribution in [-0.4, -0.2) is 31.6 Å². The Labute approximate surface area is 151 Å². The van der Waals surface area contributed by atoms with Crippen molar-refractivity contribution in [1.82, 2.24) is 4.98 Å². The van der Waals surface area contributed by atoms with Crippen molar-refractivity contribution in [2.45, 2.75) is 26.8 Å². The first-order valence-corrected chi connectivity index (χ1v) is 10.3. The molecule has 1 atom stereocenters. The van der Waals surface area contributed by atoms with Gasteiger partial charge in [0.05, 0.1) is 18.0 Å². The summed E-state index contributed by atoms with van der Waals surface area (Å²) in [5.41, 5.74) is 7.58. The van der Waals surface area contributed by atoms with Crippen molar-refractivity contribution in [3.8, 4) is 11.3 Å². The third kappa shape index (κ3) is 5.52. The molecular formula is C16H22N4O3S2. The second kappa shape index (κ2) is 7.11. The molecule has 1 heterocycles. The summed E-state index contributed by atoms with van der Waals surface area (Å²) in [6, 6.07) is 6.19. The Kier molecular flexibility index (Phi) is 5.50. The number of anilines is 2. The number of hydrogen-bond acceptors (Lipinski definition) is 6. The van der Waals surface area contributed by atoms with Crippen LogP contribution < -0.4 is 15.8 Å². The average Bonchev–Trinajstić information content (AvgIpc) is 2.93. The van der Waals surface area contributed by atoms with E-state index < -0.39 is 16.1 Å². The maximum Gasteiger partial charge on any atom is 0.243 e. The van der Waals surface area contributed by atoms with Crippen LogP contribution in [0, 0.1) is 5.41 Å². The minimum absolute atomic E-state index is 0.277. The van der Waals surface area contributed by atoms with Crippen molar-refractivity contribution in [3.63, 3.8) is 0 Å². The molecule has 0 unspecified atom stereocenters. The molecule has 7 nitrogen and oxygen atoms in total. The van der Waals surface area contributed by atoms with Gasteiger partial charge in [-0.25, -0.2) is 13.4 Å². The van der Waals surface area contributed by atoms with Crippen LogP contribution in [0.2, 0.25) is 0 Å². The lowest BCUT2D eigenvalue weighted by Crippen LogP contribution is -2.45. The smallest absolute Gasteiger partial charge is 0.243 e. The summed E-state index contributed by atoms with van der Waals surface area (Å²) in [4.78, 5) is 16.5. The third-order valence-corrected chi connectivity index (χ3v) is 4.80. The summed E-state index contributed by atoms with van der Waals surface area (Å²) in [6.07, 6.45) is 1.10. The lowest BCUT2D eigenvalue weighted by molar-refractivity contribution is -0.119. The second-order valence-electron chi connectivity index (χ2n) is 6.82. The number of hydrogen-bond donors (Lipinski definition) is 3. The zero-order chi connectivity index (χ0) is 18.8. The largest absolute Gasteiger partial charge is 0.319 e. The van der Waals surface area contributed by atoms with Gasteiger partial charge >= 0.3 is 0 Å². The SMILES string of the molecule is CC(C)(C)[C@H](N)C(=O)Nc1nc(-c2ccc(NS(C)(=O)=O)cc2)cs1. The number of nitrogens with zero attached hydrogens (tertiary/aromatic N) is 1. The molecule has 0 fully saturated rings. The Morgan fingerprint density at radius 2 is 1.84 bits per heavy atom. The molecule has 0 aliphatic heterocycles. The highest BCUT2D eigenvalue weighted by Crippen LogP contribution is 2.27. The van der Waals surface area contributed by atoms with E-state index in [-0.39, 0.29) is 11.3 Å². The number of amides is 1. The molecule has 25 heavy (non-hydrogen) atoms. The first-order chi connectivity index (χ1) is 11.5. The van der Waals surface area contributed by atoms with Gasteiger partial charge < -0.3 is 11.1 Å². The maximum absolute atomic E-state index is 12.1. The molecule has 0 aliphatic rings. The van der Waals surface area contributed by atoms with E-state index in [0.29, 0.717) is 16.5 Å². The van der Waals surface area contributed by atoms with Gasteiger partial charge in [-0.05, 0) is 17.5 Å². The molecule has 9 heteroatoms. The Hall–Kier alpha value is -1.97. The van der Waals surface area contributed by atoms with Crippen molar-refractivity contribution in [3.05, 3.63) is 29.6 Å². The van der Waals surface area contributed by atoms with Crippen LogP contribution in [0.1, 0.15) is 20.8 Å². The van der Waals surface area contributed by atoms with Crippen LogP contribution >= 0.6 is 11.3 Å². The molecule has 4 N–H and O–H groups in total. The van der Waals surface area contributed by atoms with E-state index in [0.717, 1.165) is 11.8 Å². The number of sulfonamides is 1. The predicted octanol–water partition coefficient (Wildman–Crippen LogP) is 2.49. The summed E-state index contributed by atoms with van der Waals surface area (Å²) in [5, 5.41) is 5.02. The molecule has 1 aromatic carbocycles. The number of carbonyl (C=O) groups is 1. The van der Waals surface area contributed by atoms with Crippen molar-refractivity contribution >= 4 is 38.1 Å². The zero-order valence-corrected chi connectivity index (χ0v) is 16.2. The van der Waals surface area contributed by atoms with Crippen molar-refractivity contribution < 1.29 is 13.2 Å². The Morgan fingerprint density at radius 3 is 2.36 bits per heavy atom. The van der Waals surface area contributed by atoms with Gasteiger partial charge in [-0.2, -0.15) is 0 Å². The van der Waals surface area contributed by atoms with Gasteiger partial charge in [-0.1, -0.05) is 32.9 Å². The number of benzene rings is 1. The highest BCUT2D eigenvalue weighted by Gasteiger charge is 2.28. The van der Waals surface area contributed by atoms with Gasteiger partial charge in [0.1, 0.15) is 0 Å². The van der Waals surface area contributed by atoms with Gasteiger partial charge in [0.25, 0.3) is 0 Å². The van der Waals surface area contributed by atoms with E-state index >= 15 is 0 Å². The molecule has 136 valence electrons. The maximum atomic E-state index is 12.1. The van der Waals surface area contributed by atoms with Crippen LogP contribution in [-0.2, 0) is 14.8 Å². The molecule has 0 bridgehead atoms. The van der Waals surface area contributed by atoms with Crippen molar-refractivity contribution in [1.29, 1.82) is 0 Å². The molecule has 0 saturated heterocycles. The van der Waals surface area contributed by atoms with Gasteiger partial charge in [0.15, 0.2) is 5.13 Å². The van der Waals surface area contributed by atoms with Gasteiger partial charge in [0.2, 0.25) is 15.9 Å². The van der Waals surface area contributed by atoms with Crippen molar-refractivity contribution in [2.24, 2.45) is 11.1 Å². The van der Waals surface area contributed by atoms with Crippen LogP contribution in [0.25, 0.3) is 11.3 Å². The number of rotatable bonds is 5. The summed E-state index contributed by atoms with van der Waals surface area (Å²) >= 11 is 1.30. The third-order valence-electron chi connectivity index (χ3n) is 3.43. The molecule has 1 aromatic heterocycles. The van der Waals surface area contributed by atoms with Crippen LogP contribution in [0.4, 0.5) is 10.8 Å². The molecule has 0 radical (unpaired) electrons. The normalized spacial score (nSPS) is 13.3. The van der Waals surface area contributed by atoms with E-state index in [1.807, 2.05) is 26.2 Å². The fourth-order valence-electron chi connectivity index (χ4n) is 1.96. The van der Waals surface area contributed by atoms with E-state index in [4.69, 9.17) is 5.73 Å². The van der Waals surface area contributed by atoms with E-state index in [2.05, 4.69) is 15.0 Å². The average molecular weight is 383 g/mol. The lowest BCUT2D eigenvalue weighted by Gasteiger charge is -2.25. The molecule has 2 rings (SSSR count). The fourth-order valence-corrected chi connectivity index (χ4v) is 3.25. The summed E-state index contributed by atoms with van der Waals surface area (Å²) in [5.74, 6) is -0.277. The van der Waals surface area contributed by atoms with Crippen molar-refractivity contribution in [2.75, 3.05) is 16.3 Å². The van der Waals surface area contributed by atoms with Crippen LogP contribution in [0.3, 0.4) is 0 Å². The first kappa shape index (κ1) is 19.4. The molecule has 1 amide bonds. The Bertz CT molecular complexity index is 852. The second-order valence-corrected chi connectivity index (χ2v) is 9.43. The topological polar surface area (TPSA) is 114 Å². The molecule has 0 aliphatic carbocycles.